The highest BCUT2D eigenvalue weighted by Gasteiger charge is 2.39. The Morgan fingerprint density at radius 1 is 1.27 bits per heavy atom. The highest BCUT2D eigenvalue weighted by atomic mass is 15.2. The summed E-state index contributed by atoms with van der Waals surface area (Å²) in [7, 11) is 0. The highest BCUT2D eigenvalue weighted by Crippen LogP contribution is 2.41. The van der Waals surface area contributed by atoms with E-state index in [-0.39, 0.29) is 5.41 Å². The number of nitrogens with two attached hydrogens (primary N) is 2. The second kappa shape index (κ2) is 6.16. The van der Waals surface area contributed by atoms with Crippen molar-refractivity contribution in [2.75, 3.05) is 29.5 Å². The van der Waals surface area contributed by atoms with Crippen LogP contribution in [0.15, 0.2) is 30.7 Å². The van der Waals surface area contributed by atoms with E-state index < -0.39 is 0 Å². The highest BCUT2D eigenvalue weighted by molar-refractivity contribution is 5.87. The van der Waals surface area contributed by atoms with Gasteiger partial charge in [0, 0.05) is 25.0 Å². The van der Waals surface area contributed by atoms with Crippen LogP contribution in [0, 0.1) is 11.3 Å². The van der Waals surface area contributed by atoms with Crippen molar-refractivity contribution in [3.8, 4) is 0 Å². The Hall–Kier alpha value is -2.83. The van der Waals surface area contributed by atoms with E-state index in [9.17, 15) is 0 Å². The number of nitrogens with one attached hydrogen (secondary N) is 1. The molecule has 7 heteroatoms. The number of hydrogen-bond acceptors (Lipinski definition) is 6. The van der Waals surface area contributed by atoms with Crippen molar-refractivity contribution in [3.05, 3.63) is 36.4 Å². The van der Waals surface area contributed by atoms with Crippen LogP contribution in [0.4, 0.5) is 17.3 Å². The molecule has 26 heavy (non-hydrogen) atoms. The lowest BCUT2D eigenvalue weighted by molar-refractivity contribution is 0.230. The predicted molar refractivity (Wildman–Crippen MR) is 105 cm³/mol. The van der Waals surface area contributed by atoms with E-state index >= 15 is 0 Å². The van der Waals surface area contributed by atoms with Crippen molar-refractivity contribution >= 4 is 28.4 Å². The van der Waals surface area contributed by atoms with Crippen LogP contribution >= 0.6 is 0 Å². The van der Waals surface area contributed by atoms with Crippen LogP contribution in [0.25, 0.3) is 11.0 Å². The maximum atomic E-state index is 5.86. The summed E-state index contributed by atoms with van der Waals surface area (Å²) in [6.45, 7) is 6.61. The molecule has 3 aromatic heterocycles. The van der Waals surface area contributed by atoms with Crippen molar-refractivity contribution in [2.45, 2.75) is 26.7 Å². The lowest BCUT2D eigenvalue weighted by Crippen LogP contribution is -2.32. The second-order valence-electron chi connectivity index (χ2n) is 7.65. The molecular formula is C19H25N7. The molecule has 4 heterocycles. The second-order valence-corrected chi connectivity index (χ2v) is 7.65. The molecule has 5 N–H and O–H groups in total. The molecule has 4 rings (SSSR count). The Bertz CT molecular complexity index is 935. The van der Waals surface area contributed by atoms with Crippen LogP contribution in [-0.2, 0) is 6.42 Å². The third-order valence-corrected chi connectivity index (χ3v) is 5.86. The molecule has 0 spiro atoms. The Labute approximate surface area is 152 Å². The minimum atomic E-state index is 0.186. The Morgan fingerprint density at radius 3 is 2.92 bits per heavy atom. The number of nitrogens with zero attached hydrogens (tertiary/aromatic N) is 4. The normalized spacial score (nSPS) is 21.4. The topological polar surface area (TPSA) is 110 Å². The number of anilines is 3. The van der Waals surface area contributed by atoms with Crippen LogP contribution in [-0.4, -0.2) is 33.0 Å². The molecule has 2 atom stereocenters. The number of fused-ring (bicyclic) bond motifs is 1. The van der Waals surface area contributed by atoms with Crippen LogP contribution in [0.2, 0.25) is 0 Å². The minimum absolute atomic E-state index is 0.186. The third kappa shape index (κ3) is 2.83. The van der Waals surface area contributed by atoms with Crippen molar-refractivity contribution < 1.29 is 0 Å². The predicted octanol–water partition coefficient (Wildman–Crippen LogP) is 2.61. The summed E-state index contributed by atoms with van der Waals surface area (Å²) in [6.07, 6.45) is 5.55. The molecule has 0 radical (unpaired) electrons. The van der Waals surface area contributed by atoms with Crippen LogP contribution < -0.4 is 16.4 Å². The number of H-pyrrole nitrogens is 1. The zero-order valence-electron chi connectivity index (χ0n) is 15.2. The molecule has 1 fully saturated rings. The standard InChI is InChI=1S/C19H25N7/c1-12(9-13-3-4-15(20)16(21)25-13)19(2)6-8-26(10-19)18-14-5-7-22-17(14)23-11-24-18/h3-5,7,11-12H,6,8-10,20H2,1-2H3,(H2,21,25)(H,22,23,24). The fourth-order valence-electron chi connectivity index (χ4n) is 3.88. The first-order chi connectivity index (χ1) is 12.5. The summed E-state index contributed by atoms with van der Waals surface area (Å²) >= 11 is 0. The maximum Gasteiger partial charge on any atom is 0.146 e. The molecule has 0 amide bonds. The van der Waals surface area contributed by atoms with E-state index in [4.69, 9.17) is 11.5 Å². The van der Waals surface area contributed by atoms with E-state index in [1.165, 1.54) is 0 Å². The summed E-state index contributed by atoms with van der Waals surface area (Å²) in [6, 6.07) is 5.87. The van der Waals surface area contributed by atoms with Gasteiger partial charge in [0.15, 0.2) is 0 Å². The summed E-state index contributed by atoms with van der Waals surface area (Å²) < 4.78 is 0. The molecule has 1 aliphatic rings. The number of aromatic nitrogens is 4. The van der Waals surface area contributed by atoms with Crippen molar-refractivity contribution in [3.63, 3.8) is 0 Å². The van der Waals surface area contributed by atoms with Gasteiger partial charge in [0.25, 0.3) is 0 Å². The van der Waals surface area contributed by atoms with Crippen LogP contribution in [0.5, 0.6) is 0 Å². The first-order valence-electron chi connectivity index (χ1n) is 9.00. The van der Waals surface area contributed by atoms with E-state index in [2.05, 4.69) is 38.7 Å². The van der Waals surface area contributed by atoms with Gasteiger partial charge in [-0.3, -0.25) is 0 Å². The maximum absolute atomic E-state index is 5.86. The Morgan fingerprint density at radius 2 is 2.12 bits per heavy atom. The molecule has 1 aliphatic heterocycles. The van der Waals surface area contributed by atoms with E-state index in [1.54, 1.807) is 6.33 Å². The van der Waals surface area contributed by atoms with Gasteiger partial charge >= 0.3 is 0 Å². The van der Waals surface area contributed by atoms with Gasteiger partial charge in [-0.05, 0) is 42.4 Å². The minimum Gasteiger partial charge on any atom is -0.396 e. The largest absolute Gasteiger partial charge is 0.396 e. The smallest absolute Gasteiger partial charge is 0.146 e. The van der Waals surface area contributed by atoms with Gasteiger partial charge < -0.3 is 21.4 Å². The number of pyridine rings is 1. The molecule has 2 unspecified atom stereocenters. The van der Waals surface area contributed by atoms with Gasteiger partial charge in [-0.2, -0.15) is 0 Å². The van der Waals surface area contributed by atoms with E-state index in [1.807, 2.05) is 24.4 Å². The molecule has 136 valence electrons. The first kappa shape index (κ1) is 16.6. The number of hydrogen-bond donors (Lipinski definition) is 3. The molecule has 7 nitrogen and oxygen atoms in total. The van der Waals surface area contributed by atoms with Gasteiger partial charge in [-0.15, -0.1) is 0 Å². The van der Waals surface area contributed by atoms with Gasteiger partial charge in [-0.25, -0.2) is 15.0 Å². The van der Waals surface area contributed by atoms with Crippen molar-refractivity contribution in [2.24, 2.45) is 11.3 Å². The number of rotatable bonds is 4. The molecular weight excluding hydrogens is 326 g/mol. The average molecular weight is 351 g/mol. The van der Waals surface area contributed by atoms with Gasteiger partial charge in [0.05, 0.1) is 11.1 Å². The molecule has 0 aromatic carbocycles. The van der Waals surface area contributed by atoms with Crippen molar-refractivity contribution in [1.82, 2.24) is 19.9 Å². The zero-order valence-corrected chi connectivity index (χ0v) is 15.2. The molecule has 0 aliphatic carbocycles. The average Bonchev–Trinajstić information content (AvgIpc) is 3.25. The fraction of sp³-hybridized carbons (Fsp3) is 0.421. The SMILES string of the molecule is CC(Cc1ccc(N)c(N)n1)C1(C)CCN(c2ncnc3[nH]ccc23)C1. The van der Waals surface area contributed by atoms with Gasteiger partial charge in [-0.1, -0.05) is 13.8 Å². The van der Waals surface area contributed by atoms with Gasteiger partial charge in [0.2, 0.25) is 0 Å². The third-order valence-electron chi connectivity index (χ3n) is 5.86. The monoisotopic (exact) mass is 351 g/mol. The summed E-state index contributed by atoms with van der Waals surface area (Å²) in [5, 5.41) is 1.08. The van der Waals surface area contributed by atoms with Gasteiger partial charge in [0.1, 0.15) is 23.6 Å². The van der Waals surface area contributed by atoms with Crippen molar-refractivity contribution in [1.29, 1.82) is 0 Å². The Balaban J connectivity index is 1.52. The first-order valence-corrected chi connectivity index (χ1v) is 9.00. The Kier molecular flexibility index (Phi) is 3.94. The lowest BCUT2D eigenvalue weighted by Gasteiger charge is -2.32. The zero-order chi connectivity index (χ0) is 18.3. The molecule has 3 aromatic rings. The van der Waals surface area contributed by atoms with E-state index in [0.29, 0.717) is 17.4 Å². The quantitative estimate of drug-likeness (QED) is 0.666. The summed E-state index contributed by atoms with van der Waals surface area (Å²) in [4.78, 5) is 18.8. The fourth-order valence-corrected chi connectivity index (χ4v) is 3.88. The summed E-state index contributed by atoms with van der Waals surface area (Å²) in [5.74, 6) is 1.90. The van der Waals surface area contributed by atoms with Crippen LogP contribution in [0.3, 0.4) is 0 Å². The molecule has 0 bridgehead atoms. The molecule has 1 saturated heterocycles. The summed E-state index contributed by atoms with van der Waals surface area (Å²) in [5.41, 5.74) is 14.3. The number of nitrogen functional groups attached to an aromatic ring is 2. The van der Waals surface area contributed by atoms with E-state index in [0.717, 1.165) is 48.5 Å². The molecule has 0 saturated carbocycles. The van der Waals surface area contributed by atoms with Crippen LogP contribution in [0.1, 0.15) is 26.0 Å². The lowest BCUT2D eigenvalue weighted by atomic mass is 9.75. The number of aromatic amines is 1.